The topological polar surface area (TPSA) is 9.23 Å². The Morgan fingerprint density at radius 3 is 2.04 bits per heavy atom. The van der Waals surface area contributed by atoms with Crippen molar-refractivity contribution in [3.8, 4) is 33.8 Å². The minimum atomic E-state index is -0.416. The van der Waals surface area contributed by atoms with Gasteiger partial charge in [-0.2, -0.15) is 0 Å². The first-order chi connectivity index (χ1) is 13.9. The summed E-state index contributed by atoms with van der Waals surface area (Å²) in [5.74, 6) is 1.95. The van der Waals surface area contributed by atoms with Gasteiger partial charge in [0.25, 0.3) is 0 Å². The molecule has 0 unspecified atom stereocenters. The number of para-hydroxylation sites is 1. The third kappa shape index (κ3) is 1.82. The van der Waals surface area contributed by atoms with E-state index in [1.807, 2.05) is 0 Å². The van der Waals surface area contributed by atoms with Gasteiger partial charge in [0.2, 0.25) is 0 Å². The molecule has 0 amide bonds. The zero-order chi connectivity index (χ0) is 18.2. The summed E-state index contributed by atoms with van der Waals surface area (Å²) in [7, 11) is 0. The van der Waals surface area contributed by atoms with Crippen LogP contribution in [0.15, 0.2) is 84.9 Å². The third-order valence-electron chi connectivity index (χ3n) is 5.85. The molecule has 0 radical (unpaired) electrons. The Morgan fingerprint density at radius 1 is 0.500 bits per heavy atom. The van der Waals surface area contributed by atoms with Crippen molar-refractivity contribution in [2.24, 2.45) is 0 Å². The summed E-state index contributed by atoms with van der Waals surface area (Å²) in [5.41, 5.74) is 5.34. The molecule has 0 aliphatic carbocycles. The summed E-state index contributed by atoms with van der Waals surface area (Å²) in [4.78, 5) is 0. The fraction of sp³-hybridized carbons (Fsp3) is 0. The van der Waals surface area contributed by atoms with Gasteiger partial charge in [-0.3, -0.25) is 0 Å². The van der Waals surface area contributed by atoms with Crippen LogP contribution in [0.25, 0.3) is 43.8 Å². The quantitative estimate of drug-likeness (QED) is 0.213. The molecule has 2 aliphatic rings. The van der Waals surface area contributed by atoms with Crippen LogP contribution in [-0.4, -0.2) is 20.9 Å². The molecule has 7 rings (SSSR count). The van der Waals surface area contributed by atoms with Crippen molar-refractivity contribution in [1.82, 2.24) is 0 Å². The van der Waals surface area contributed by atoms with E-state index in [0.29, 0.717) is 0 Å². The Hall–Kier alpha value is -2.79. The predicted octanol–water partition coefficient (Wildman–Crippen LogP) is 5.40. The van der Waals surface area contributed by atoms with E-state index in [1.165, 1.54) is 51.0 Å². The number of hydrogen-bond donors (Lipinski definition) is 0. The van der Waals surface area contributed by atoms with Crippen LogP contribution >= 0.6 is 0 Å². The van der Waals surface area contributed by atoms with Crippen LogP contribution in [-0.2, 0) is 0 Å². The first kappa shape index (κ1) is 15.2. The zero-order valence-electron chi connectivity index (χ0n) is 14.9. The molecule has 130 valence electrons. The Bertz CT molecular complexity index is 1350. The summed E-state index contributed by atoms with van der Waals surface area (Å²) < 4.78 is 9.43. The molecule has 2 aliphatic heterocycles. The minimum absolute atomic E-state index is 0.416. The maximum atomic E-state index is 6.38. The van der Waals surface area contributed by atoms with E-state index in [1.54, 1.807) is 0 Å². The molecular formula is C26H14OTe. The van der Waals surface area contributed by atoms with Gasteiger partial charge in [-0.1, -0.05) is 0 Å². The molecule has 0 aromatic heterocycles. The van der Waals surface area contributed by atoms with Crippen molar-refractivity contribution in [2.75, 3.05) is 0 Å². The average Bonchev–Trinajstić information content (AvgIpc) is 2.76. The van der Waals surface area contributed by atoms with Gasteiger partial charge in [0.05, 0.1) is 0 Å². The van der Waals surface area contributed by atoms with Crippen LogP contribution in [0.1, 0.15) is 0 Å². The van der Waals surface area contributed by atoms with Crippen molar-refractivity contribution in [1.29, 1.82) is 0 Å². The molecule has 1 nitrogen and oxygen atoms in total. The van der Waals surface area contributed by atoms with Crippen molar-refractivity contribution in [3.05, 3.63) is 84.9 Å². The number of ether oxygens (including phenoxy) is 1. The van der Waals surface area contributed by atoms with Gasteiger partial charge in [0, 0.05) is 0 Å². The standard InChI is InChI=1S/C26H14OTe/c1-2-8-16-15(7-1)23-17-9-3-5-11-19(17)27-20-13-14-22-26(25(20)23)24(16)18-10-4-6-12-21(18)28-22/h1-14H. The van der Waals surface area contributed by atoms with Crippen LogP contribution in [0.3, 0.4) is 0 Å². The van der Waals surface area contributed by atoms with E-state index in [0.717, 1.165) is 11.5 Å². The Balaban J connectivity index is 1.81. The molecule has 28 heavy (non-hydrogen) atoms. The van der Waals surface area contributed by atoms with Gasteiger partial charge in [-0.05, 0) is 0 Å². The molecule has 0 atom stereocenters. The molecule has 0 spiro atoms. The maximum absolute atomic E-state index is 6.38. The van der Waals surface area contributed by atoms with Gasteiger partial charge in [-0.25, -0.2) is 0 Å². The summed E-state index contributed by atoms with van der Waals surface area (Å²) in [6.07, 6.45) is 0. The molecule has 0 saturated carbocycles. The monoisotopic (exact) mass is 472 g/mol. The number of fused-ring (bicyclic) bond motifs is 7. The normalized spacial score (nSPS) is 13.1. The van der Waals surface area contributed by atoms with Gasteiger partial charge in [-0.15, -0.1) is 0 Å². The van der Waals surface area contributed by atoms with Gasteiger partial charge >= 0.3 is 173 Å². The van der Waals surface area contributed by atoms with E-state index >= 15 is 0 Å². The van der Waals surface area contributed by atoms with Crippen LogP contribution in [0.4, 0.5) is 0 Å². The summed E-state index contributed by atoms with van der Waals surface area (Å²) in [6.45, 7) is 0. The van der Waals surface area contributed by atoms with Crippen molar-refractivity contribution in [3.63, 3.8) is 0 Å². The molecule has 2 heteroatoms. The second-order valence-electron chi connectivity index (χ2n) is 7.30. The molecule has 0 fully saturated rings. The third-order valence-corrected chi connectivity index (χ3v) is 9.09. The Labute approximate surface area is 172 Å². The summed E-state index contributed by atoms with van der Waals surface area (Å²) in [5, 5.41) is 5.38. The van der Waals surface area contributed by atoms with Gasteiger partial charge < -0.3 is 0 Å². The summed E-state index contributed by atoms with van der Waals surface area (Å²) in [6, 6.07) is 30.8. The van der Waals surface area contributed by atoms with E-state index in [4.69, 9.17) is 4.74 Å². The van der Waals surface area contributed by atoms with Crippen molar-refractivity contribution in [2.45, 2.75) is 0 Å². The first-order valence-corrected chi connectivity index (χ1v) is 11.8. The zero-order valence-corrected chi connectivity index (χ0v) is 17.2. The van der Waals surface area contributed by atoms with Gasteiger partial charge in [0.15, 0.2) is 0 Å². The van der Waals surface area contributed by atoms with Crippen LogP contribution in [0.5, 0.6) is 11.5 Å². The SMILES string of the molecule is c1ccc2c(c1)Oc1ccc3c4c(c5ccccc5c-2c14)-c1ccccc1[Te]3. The first-order valence-electron chi connectivity index (χ1n) is 9.46. The Morgan fingerprint density at radius 2 is 1.18 bits per heavy atom. The molecule has 0 bridgehead atoms. The van der Waals surface area contributed by atoms with Crippen molar-refractivity contribution < 1.29 is 4.74 Å². The summed E-state index contributed by atoms with van der Waals surface area (Å²) >= 11 is -0.416. The van der Waals surface area contributed by atoms with E-state index in [9.17, 15) is 0 Å². The van der Waals surface area contributed by atoms with Crippen LogP contribution < -0.4 is 12.0 Å². The van der Waals surface area contributed by atoms with E-state index in [-0.39, 0.29) is 0 Å². The van der Waals surface area contributed by atoms with Crippen LogP contribution in [0.2, 0.25) is 0 Å². The number of benzene rings is 5. The van der Waals surface area contributed by atoms with Gasteiger partial charge in [0.1, 0.15) is 0 Å². The molecular weight excluding hydrogens is 456 g/mol. The number of hydrogen-bond acceptors (Lipinski definition) is 1. The fourth-order valence-electron chi connectivity index (χ4n) is 4.74. The molecule has 2 heterocycles. The Kier molecular flexibility index (Phi) is 2.92. The van der Waals surface area contributed by atoms with Crippen molar-refractivity contribution >= 4 is 49.7 Å². The molecule has 5 aromatic carbocycles. The second-order valence-corrected chi connectivity index (χ2v) is 10.4. The molecule has 0 saturated heterocycles. The van der Waals surface area contributed by atoms with E-state index in [2.05, 4.69) is 84.9 Å². The fourth-order valence-corrected chi connectivity index (χ4v) is 7.90. The predicted molar refractivity (Wildman–Crippen MR) is 117 cm³/mol. The molecule has 5 aromatic rings. The average molecular weight is 470 g/mol. The number of rotatable bonds is 0. The van der Waals surface area contributed by atoms with Crippen LogP contribution in [0, 0.1) is 0 Å². The molecule has 0 N–H and O–H groups in total. The van der Waals surface area contributed by atoms with E-state index < -0.39 is 20.9 Å². The second kappa shape index (κ2) is 5.39.